The van der Waals surface area contributed by atoms with Crippen LogP contribution in [-0.4, -0.2) is 18.4 Å². The third-order valence-electron chi connectivity index (χ3n) is 6.17. The zero-order chi connectivity index (χ0) is 23.7. The monoisotopic (exact) mass is 468 g/mol. The van der Waals surface area contributed by atoms with E-state index in [9.17, 15) is 13.0 Å². The number of aryl methyl sites for hydroxylation is 2. The highest BCUT2D eigenvalue weighted by atomic mass is 32.2. The predicted molar refractivity (Wildman–Crippen MR) is 136 cm³/mol. The van der Waals surface area contributed by atoms with Crippen LogP contribution in [0, 0.1) is 0 Å². The van der Waals surface area contributed by atoms with E-state index in [2.05, 4.69) is 26.0 Å². The highest BCUT2D eigenvalue weighted by molar-refractivity contribution is 7.86. The number of hydrogen-bond donors (Lipinski definition) is 1. The lowest BCUT2D eigenvalue weighted by atomic mass is 9.99. The zero-order valence-electron chi connectivity index (χ0n) is 20.9. The van der Waals surface area contributed by atoms with Gasteiger partial charge < -0.3 is 4.74 Å². The van der Waals surface area contributed by atoms with Crippen LogP contribution in [0.4, 0.5) is 0 Å². The highest BCUT2D eigenvalue weighted by Gasteiger charge is 2.23. The quantitative estimate of drug-likeness (QED) is 0.154. The first-order valence-electron chi connectivity index (χ1n) is 13.2. The third kappa shape index (κ3) is 12.8. The molecule has 0 spiro atoms. The van der Waals surface area contributed by atoms with E-state index in [1.54, 1.807) is 6.92 Å². The van der Waals surface area contributed by atoms with Crippen molar-refractivity contribution in [3.05, 3.63) is 29.3 Å². The van der Waals surface area contributed by atoms with E-state index in [-0.39, 0.29) is 6.42 Å². The minimum Gasteiger partial charge on any atom is -0.472 e. The van der Waals surface area contributed by atoms with Crippen LogP contribution in [0.15, 0.2) is 18.2 Å². The molecule has 1 rings (SSSR count). The molecule has 1 aromatic carbocycles. The predicted octanol–water partition coefficient (Wildman–Crippen LogP) is 8.28. The standard InChI is InChI=1S/C27H48O4S/c1-4-7-9-11-13-15-17-19-24-21-22-26(31-27(6-3)32(28,29)30)25(23-24)20-18-16-14-12-10-8-5-2/h21-23,27H,4-20H2,1-3H3,(H,28,29,30). The van der Waals surface area contributed by atoms with Gasteiger partial charge in [0.25, 0.3) is 0 Å². The summed E-state index contributed by atoms with van der Waals surface area (Å²) in [6.07, 6.45) is 19.9. The molecule has 0 heterocycles. The fourth-order valence-corrected chi connectivity index (χ4v) is 4.80. The normalized spacial score (nSPS) is 12.8. The van der Waals surface area contributed by atoms with Gasteiger partial charge in [-0.05, 0) is 49.3 Å². The lowest BCUT2D eigenvalue weighted by Crippen LogP contribution is -2.26. The molecule has 0 saturated carbocycles. The summed E-state index contributed by atoms with van der Waals surface area (Å²) in [6, 6.07) is 6.15. The molecule has 0 bridgehead atoms. The molecule has 0 aliphatic heterocycles. The SMILES string of the molecule is CCCCCCCCCc1ccc(OC(CC)S(=O)(=O)O)c(CCCCCCCCC)c1. The molecule has 0 radical (unpaired) electrons. The summed E-state index contributed by atoms with van der Waals surface area (Å²) < 4.78 is 38.5. The lowest BCUT2D eigenvalue weighted by molar-refractivity contribution is 0.250. The molecule has 0 saturated heterocycles. The summed E-state index contributed by atoms with van der Waals surface area (Å²) in [7, 11) is -4.23. The van der Waals surface area contributed by atoms with Crippen molar-refractivity contribution in [1.29, 1.82) is 0 Å². The zero-order valence-corrected chi connectivity index (χ0v) is 21.7. The van der Waals surface area contributed by atoms with Crippen molar-refractivity contribution in [1.82, 2.24) is 0 Å². The van der Waals surface area contributed by atoms with Crippen molar-refractivity contribution >= 4 is 10.1 Å². The summed E-state index contributed by atoms with van der Waals surface area (Å²) in [5.41, 5.74) is 1.16. The van der Waals surface area contributed by atoms with Crippen LogP contribution in [0.2, 0.25) is 0 Å². The molecule has 1 aromatic rings. The van der Waals surface area contributed by atoms with Crippen LogP contribution in [-0.2, 0) is 23.0 Å². The Labute approximate surface area is 198 Å². The van der Waals surface area contributed by atoms with Gasteiger partial charge in [0, 0.05) is 0 Å². The molecule has 1 atom stereocenters. The van der Waals surface area contributed by atoms with E-state index in [0.717, 1.165) is 24.8 Å². The van der Waals surface area contributed by atoms with Crippen molar-refractivity contribution in [2.24, 2.45) is 0 Å². The molecule has 32 heavy (non-hydrogen) atoms. The van der Waals surface area contributed by atoms with E-state index in [1.165, 1.54) is 89.0 Å². The first kappa shape index (κ1) is 29.0. The van der Waals surface area contributed by atoms with Gasteiger partial charge in [0.2, 0.25) is 5.44 Å². The summed E-state index contributed by atoms with van der Waals surface area (Å²) in [5.74, 6) is 0.601. The average Bonchev–Trinajstić information content (AvgIpc) is 2.76. The van der Waals surface area contributed by atoms with Gasteiger partial charge in [-0.2, -0.15) is 8.42 Å². The van der Waals surface area contributed by atoms with Gasteiger partial charge in [-0.25, -0.2) is 0 Å². The Hall–Kier alpha value is -1.07. The minimum absolute atomic E-state index is 0.218. The molecule has 186 valence electrons. The molecular formula is C27H48O4S. The summed E-state index contributed by atoms with van der Waals surface area (Å²) >= 11 is 0. The topological polar surface area (TPSA) is 63.6 Å². The second-order valence-electron chi connectivity index (χ2n) is 9.16. The number of benzene rings is 1. The van der Waals surface area contributed by atoms with Gasteiger partial charge in [-0.3, -0.25) is 4.55 Å². The number of rotatable bonds is 20. The Morgan fingerprint density at radius 1 is 0.750 bits per heavy atom. The maximum absolute atomic E-state index is 11.6. The van der Waals surface area contributed by atoms with Gasteiger partial charge in [0.1, 0.15) is 5.75 Å². The molecular weight excluding hydrogens is 420 g/mol. The molecule has 0 aliphatic carbocycles. The molecule has 0 fully saturated rings. The van der Waals surface area contributed by atoms with Crippen molar-refractivity contribution < 1.29 is 17.7 Å². The summed E-state index contributed by atoms with van der Waals surface area (Å²) in [5, 5.41) is 0. The number of unbranched alkanes of at least 4 members (excludes halogenated alkanes) is 12. The first-order chi connectivity index (χ1) is 15.4. The van der Waals surface area contributed by atoms with E-state index in [0.29, 0.717) is 5.75 Å². The van der Waals surface area contributed by atoms with Crippen LogP contribution >= 0.6 is 0 Å². The maximum Gasteiger partial charge on any atom is 0.303 e. The summed E-state index contributed by atoms with van der Waals surface area (Å²) in [4.78, 5) is 0. The second-order valence-corrected chi connectivity index (χ2v) is 10.7. The Bertz CT molecular complexity index is 700. The van der Waals surface area contributed by atoms with E-state index < -0.39 is 15.6 Å². The van der Waals surface area contributed by atoms with Crippen LogP contribution in [0.1, 0.15) is 128 Å². The van der Waals surface area contributed by atoms with Crippen LogP contribution in [0.5, 0.6) is 5.75 Å². The fraction of sp³-hybridized carbons (Fsp3) is 0.778. The third-order valence-corrected chi connectivity index (χ3v) is 7.26. The Balaban J connectivity index is 2.67. The number of ether oxygens (including phenoxy) is 1. The number of hydrogen-bond acceptors (Lipinski definition) is 3. The Morgan fingerprint density at radius 3 is 1.75 bits per heavy atom. The lowest BCUT2D eigenvalue weighted by Gasteiger charge is -2.18. The average molecular weight is 469 g/mol. The van der Waals surface area contributed by atoms with Gasteiger partial charge in [-0.1, -0.05) is 110 Å². The maximum atomic E-state index is 11.6. The molecule has 4 nitrogen and oxygen atoms in total. The summed E-state index contributed by atoms with van der Waals surface area (Å²) in [6.45, 7) is 6.19. The van der Waals surface area contributed by atoms with Crippen molar-refractivity contribution in [2.75, 3.05) is 0 Å². The van der Waals surface area contributed by atoms with E-state index in [4.69, 9.17) is 4.74 Å². The van der Waals surface area contributed by atoms with Crippen molar-refractivity contribution in [3.8, 4) is 5.75 Å². The minimum atomic E-state index is -4.23. The molecule has 0 aliphatic rings. The Morgan fingerprint density at radius 2 is 1.25 bits per heavy atom. The van der Waals surface area contributed by atoms with Crippen molar-refractivity contribution in [2.45, 2.75) is 135 Å². The van der Waals surface area contributed by atoms with Crippen LogP contribution in [0.25, 0.3) is 0 Å². The van der Waals surface area contributed by atoms with E-state index >= 15 is 0 Å². The van der Waals surface area contributed by atoms with E-state index in [1.807, 2.05) is 6.07 Å². The molecule has 1 N–H and O–H groups in total. The van der Waals surface area contributed by atoms with Gasteiger partial charge >= 0.3 is 10.1 Å². The van der Waals surface area contributed by atoms with Crippen LogP contribution < -0.4 is 4.74 Å². The highest BCUT2D eigenvalue weighted by Crippen LogP contribution is 2.26. The van der Waals surface area contributed by atoms with Crippen LogP contribution in [0.3, 0.4) is 0 Å². The largest absolute Gasteiger partial charge is 0.472 e. The van der Waals surface area contributed by atoms with Crippen molar-refractivity contribution in [3.63, 3.8) is 0 Å². The molecule has 1 unspecified atom stereocenters. The van der Waals surface area contributed by atoms with Gasteiger partial charge in [0.15, 0.2) is 0 Å². The second kappa shape index (κ2) is 17.4. The molecule has 0 amide bonds. The smallest absolute Gasteiger partial charge is 0.303 e. The first-order valence-corrected chi connectivity index (χ1v) is 14.7. The van der Waals surface area contributed by atoms with Gasteiger partial charge in [-0.15, -0.1) is 0 Å². The Kier molecular flexibility index (Phi) is 15.8. The fourth-order valence-electron chi connectivity index (χ4n) is 4.15. The molecule has 0 aromatic heterocycles. The van der Waals surface area contributed by atoms with Gasteiger partial charge in [0.05, 0.1) is 0 Å². The molecule has 5 heteroatoms.